The molecule has 360 valence electrons. The lowest BCUT2D eigenvalue weighted by Crippen LogP contribution is -2.33. The van der Waals surface area contributed by atoms with Crippen LogP contribution in [0.3, 0.4) is 0 Å². The first kappa shape index (κ1) is 50.4. The van der Waals surface area contributed by atoms with Crippen molar-refractivity contribution >= 4 is 102 Å². The van der Waals surface area contributed by atoms with Gasteiger partial charge in [0.1, 0.15) is 46.0 Å². The Balaban J connectivity index is 0.000000167. The fraction of sp³-hybridized carbons (Fsp3) is 0.174. The Bertz CT molecular complexity index is 3590. The lowest BCUT2D eigenvalue weighted by Gasteiger charge is -2.27. The number of H-pyrrole nitrogens is 2. The molecule has 0 bridgehead atoms. The van der Waals surface area contributed by atoms with Crippen LogP contribution in [0.5, 0.6) is 0 Å². The molecule has 10 aromatic rings. The van der Waals surface area contributed by atoms with Gasteiger partial charge in [0.25, 0.3) is 11.1 Å². The van der Waals surface area contributed by atoms with Gasteiger partial charge in [0.2, 0.25) is 0 Å². The molecule has 8 aromatic heterocycles. The maximum atomic E-state index is 13.5. The molecule has 0 amide bonds. The highest BCUT2D eigenvalue weighted by molar-refractivity contribution is 7.59. The molecule has 0 saturated carbocycles. The van der Waals surface area contributed by atoms with E-state index < -0.39 is 11.9 Å². The van der Waals surface area contributed by atoms with Crippen LogP contribution < -0.4 is 21.3 Å². The second-order valence-electron chi connectivity index (χ2n) is 15.7. The Morgan fingerprint density at radius 1 is 0.643 bits per heavy atom. The van der Waals surface area contributed by atoms with E-state index in [4.69, 9.17) is 21.8 Å². The summed E-state index contributed by atoms with van der Waals surface area (Å²) in [5, 5.41) is 32.3. The van der Waals surface area contributed by atoms with Crippen LogP contribution in [0, 0.1) is 0 Å². The van der Waals surface area contributed by atoms with E-state index in [0.29, 0.717) is 51.3 Å². The van der Waals surface area contributed by atoms with Crippen LogP contribution >= 0.6 is 51.0 Å². The number of rotatable bonds is 7. The third-order valence-corrected chi connectivity index (χ3v) is 12.0. The Labute approximate surface area is 421 Å². The molecule has 0 radical (unpaired) electrons. The summed E-state index contributed by atoms with van der Waals surface area (Å²) in [6.07, 6.45) is 12.7. The fourth-order valence-electron chi connectivity index (χ4n) is 8.72. The van der Waals surface area contributed by atoms with Gasteiger partial charge >= 0.3 is 11.9 Å². The highest BCUT2D eigenvalue weighted by Gasteiger charge is 2.34. The first-order valence-corrected chi connectivity index (χ1v) is 21.6. The monoisotopic (exact) mass is 1020 g/mol. The number of carbonyl (C=O) groups is 2. The minimum Gasteiger partial charge on any atom is -0.478 e. The predicted molar refractivity (Wildman–Crippen MR) is 276 cm³/mol. The number of halogens is 2. The molecule has 12 rings (SSSR count). The zero-order chi connectivity index (χ0) is 46.2. The van der Waals surface area contributed by atoms with Gasteiger partial charge in [0.15, 0.2) is 11.6 Å². The number of benzene rings is 2. The van der Waals surface area contributed by atoms with Crippen molar-refractivity contribution < 1.29 is 19.8 Å². The summed E-state index contributed by atoms with van der Waals surface area (Å²) in [6.45, 7) is 1.62. The molecule has 2 fully saturated rings. The van der Waals surface area contributed by atoms with Crippen molar-refractivity contribution in [2.45, 2.75) is 37.8 Å². The third kappa shape index (κ3) is 9.33. The van der Waals surface area contributed by atoms with Gasteiger partial charge in [-0.15, -0.1) is 12.4 Å². The van der Waals surface area contributed by atoms with Gasteiger partial charge in [-0.05, 0) is 80.8 Å². The number of carboxylic acids is 2. The average molecular weight is 1020 g/mol. The van der Waals surface area contributed by atoms with Crippen LogP contribution in [0.15, 0.2) is 132 Å². The van der Waals surface area contributed by atoms with Gasteiger partial charge in [-0.3, -0.25) is 18.7 Å². The van der Waals surface area contributed by atoms with Gasteiger partial charge in [-0.1, -0.05) is 48.0 Å². The van der Waals surface area contributed by atoms with E-state index in [-0.39, 0.29) is 78.9 Å². The molecule has 5 N–H and O–H groups in total. The summed E-state index contributed by atoms with van der Waals surface area (Å²) in [4.78, 5) is 72.7. The molecule has 20 nitrogen and oxygen atoms in total. The summed E-state index contributed by atoms with van der Waals surface area (Å²) in [7, 11) is 0. The molecule has 70 heavy (non-hydrogen) atoms. The molecular weight excluding hydrogens is 980 g/mol. The fourth-order valence-corrected chi connectivity index (χ4v) is 8.95. The number of hydrogen-bond acceptors (Lipinski definition) is 12. The van der Waals surface area contributed by atoms with E-state index in [1.165, 1.54) is 25.0 Å². The number of carboxylic acid groups (broad SMARTS) is 2. The maximum absolute atomic E-state index is 13.5. The zero-order valence-corrected chi connectivity index (χ0v) is 40.2. The predicted octanol–water partition coefficient (Wildman–Crippen LogP) is 6.66. The molecular formula is C46H44Cl2N14O6S2. The quantitative estimate of drug-likeness (QED) is 0.105. The molecule has 2 aliphatic rings. The van der Waals surface area contributed by atoms with Crippen LogP contribution in [0.25, 0.3) is 44.5 Å². The number of fused-ring (bicyclic) bond motifs is 4. The van der Waals surface area contributed by atoms with Crippen molar-refractivity contribution in [3.05, 3.63) is 171 Å². The van der Waals surface area contributed by atoms with E-state index >= 15 is 0 Å². The highest BCUT2D eigenvalue weighted by atomic mass is 35.5. The highest BCUT2D eigenvalue weighted by Crippen LogP contribution is 2.38. The largest absolute Gasteiger partial charge is 0.478 e. The summed E-state index contributed by atoms with van der Waals surface area (Å²) in [5.74, 6) is -0.231. The number of aromatic carboxylic acids is 2. The summed E-state index contributed by atoms with van der Waals surface area (Å²) < 4.78 is 6.66. The molecule has 2 aliphatic heterocycles. The molecule has 0 aliphatic carbocycles. The van der Waals surface area contributed by atoms with Crippen molar-refractivity contribution in [1.82, 2.24) is 63.6 Å². The first-order valence-electron chi connectivity index (χ1n) is 21.3. The summed E-state index contributed by atoms with van der Waals surface area (Å²) >= 11 is 5.71. The van der Waals surface area contributed by atoms with E-state index in [1.807, 2.05) is 77.8 Å². The van der Waals surface area contributed by atoms with Crippen molar-refractivity contribution in [3.63, 3.8) is 0 Å². The minimum absolute atomic E-state index is 0. The molecule has 10 heterocycles. The molecule has 2 saturated heterocycles. The topological polar surface area (TPSA) is 252 Å². The Morgan fingerprint density at radius 2 is 1.17 bits per heavy atom. The van der Waals surface area contributed by atoms with E-state index in [0.717, 1.165) is 49.4 Å². The van der Waals surface area contributed by atoms with Crippen molar-refractivity contribution in [3.8, 4) is 11.4 Å². The van der Waals surface area contributed by atoms with E-state index in [1.54, 1.807) is 42.6 Å². The summed E-state index contributed by atoms with van der Waals surface area (Å²) in [6, 6.07) is 26.2. The van der Waals surface area contributed by atoms with Crippen molar-refractivity contribution in [1.29, 1.82) is 0 Å². The molecule has 2 aromatic carbocycles. The van der Waals surface area contributed by atoms with E-state index in [2.05, 4.69) is 40.3 Å². The number of anilines is 1. The van der Waals surface area contributed by atoms with Crippen LogP contribution in [-0.4, -0.2) is 93.5 Å². The van der Waals surface area contributed by atoms with Gasteiger partial charge in [0.05, 0.1) is 45.4 Å². The number of hydrogen-bond donors (Lipinski definition) is 5. The van der Waals surface area contributed by atoms with Crippen molar-refractivity contribution in [2.75, 3.05) is 18.0 Å². The second-order valence-corrected chi connectivity index (χ2v) is 16.0. The first-order chi connectivity index (χ1) is 32.7. The molecule has 24 heteroatoms. The smallest absolute Gasteiger partial charge is 0.338 e. The van der Waals surface area contributed by atoms with Gasteiger partial charge in [-0.25, -0.2) is 38.6 Å². The summed E-state index contributed by atoms with van der Waals surface area (Å²) in [5.41, 5.74) is 3.56. The number of nitrogens with one attached hydrogen (secondary N) is 3. The van der Waals surface area contributed by atoms with Crippen molar-refractivity contribution in [2.24, 2.45) is 0 Å². The Kier molecular flexibility index (Phi) is 15.4. The lowest BCUT2D eigenvalue weighted by atomic mass is 10.1. The number of nitrogens with zero attached hydrogens (tertiary/aromatic N) is 11. The van der Waals surface area contributed by atoms with Gasteiger partial charge in [0, 0.05) is 31.3 Å². The third-order valence-electron chi connectivity index (χ3n) is 11.7. The van der Waals surface area contributed by atoms with Crippen LogP contribution in [0.1, 0.15) is 70.1 Å². The SMILES string of the molecule is Cl.O=C(O)c1c[nH]c2ncnc(Cl)c12.O=C(O)c1c[nH]c2ncnc(N3CCC[C@H]3c3nn4cccc4c(=O)n3-c3ccccc3)c12.O=c1c2cccn2nc([C@@H]2CCCN2)n1-c1ccccc1.S.S. The number of aromatic amines is 2. The average Bonchev–Trinajstić information content (AvgIpc) is 4.21. The Hall–Kier alpha value is -7.50. The standard InChI is InChI=1S/C23H19N7O3.C16H16N4O.C7H4ClN3O2.ClH.2H2S/c31-22-17-9-5-11-29(17)27-20(30(22)14-6-2-1-3-7-14)16-8-4-10-28(16)21-18-15(23(32)33)12-24-19(18)25-13-26-21;21-16-14-9-5-11-19(14)18-15(13-8-4-10-17-13)20(16)12-6-2-1-3-7-12;8-5-4-3(7(12)13)1-9-6(4)11-2-10-5;;;/h1-3,5-7,9,11-13,16H,4,8,10H2,(H,32,33)(H,24,25,26);1-3,5-7,9,11,13,17H,4,8,10H2;1-2H,(H,12,13)(H,9,10,11);1H;2*1H2/t16-;13-;;;;/m00..../s1. The van der Waals surface area contributed by atoms with Crippen LogP contribution in [0.2, 0.25) is 5.15 Å². The van der Waals surface area contributed by atoms with E-state index in [9.17, 15) is 24.3 Å². The van der Waals surface area contributed by atoms with Gasteiger partial charge in [-0.2, -0.15) is 37.2 Å². The maximum Gasteiger partial charge on any atom is 0.338 e. The lowest BCUT2D eigenvalue weighted by molar-refractivity contribution is 0.0688. The molecule has 0 unspecified atom stereocenters. The second kappa shape index (κ2) is 21.4. The molecule has 2 atom stereocenters. The van der Waals surface area contributed by atoms with Crippen LogP contribution in [-0.2, 0) is 0 Å². The minimum atomic E-state index is -1.05. The Morgan fingerprint density at radius 3 is 1.73 bits per heavy atom. The normalized spacial score (nSPS) is 15.1. The molecule has 0 spiro atoms. The van der Waals surface area contributed by atoms with Crippen LogP contribution in [0.4, 0.5) is 5.82 Å². The van der Waals surface area contributed by atoms with Gasteiger partial charge < -0.3 is 30.4 Å². The zero-order valence-electron chi connectivity index (χ0n) is 36.7. The number of aromatic nitrogens is 12. The number of para-hydroxylation sites is 2.